The summed E-state index contributed by atoms with van der Waals surface area (Å²) in [6.45, 7) is 7.30. The van der Waals surface area contributed by atoms with Crippen LogP contribution in [0.1, 0.15) is 33.6 Å². The Morgan fingerprint density at radius 1 is 1.39 bits per heavy atom. The van der Waals surface area contributed by atoms with Gasteiger partial charge in [-0.25, -0.2) is 9.78 Å². The fraction of sp³-hybridized carbons (Fsp3) is 0.529. The number of carbonyl (C=O) groups excluding carboxylic acids is 1. The van der Waals surface area contributed by atoms with Crippen LogP contribution < -0.4 is 10.2 Å². The van der Waals surface area contributed by atoms with E-state index in [0.29, 0.717) is 0 Å². The summed E-state index contributed by atoms with van der Waals surface area (Å²) in [5, 5.41) is 2.98. The van der Waals surface area contributed by atoms with Crippen LogP contribution >= 0.6 is 0 Å². The number of ether oxygens (including phenoxy) is 1. The quantitative estimate of drug-likeness (QED) is 0.925. The number of nitrogens with zero attached hydrogens (tertiary/aromatic N) is 3. The Hall–Kier alpha value is -2.24. The lowest BCUT2D eigenvalue weighted by Crippen LogP contribution is -2.49. The van der Waals surface area contributed by atoms with Crippen LogP contribution in [0.15, 0.2) is 30.6 Å². The Balaban J connectivity index is 1.68. The zero-order chi connectivity index (χ0) is 16.4. The van der Waals surface area contributed by atoms with Gasteiger partial charge in [-0.05, 0) is 45.7 Å². The molecule has 6 heteroatoms. The molecule has 1 amide bonds. The number of pyridine rings is 1. The monoisotopic (exact) mass is 316 g/mol. The van der Waals surface area contributed by atoms with E-state index in [1.54, 1.807) is 0 Å². The van der Waals surface area contributed by atoms with Gasteiger partial charge in [-0.2, -0.15) is 0 Å². The molecular formula is C17H24N4O2. The molecule has 124 valence electrons. The van der Waals surface area contributed by atoms with E-state index in [2.05, 4.69) is 19.6 Å². The summed E-state index contributed by atoms with van der Waals surface area (Å²) in [4.78, 5) is 18.7. The Morgan fingerprint density at radius 2 is 2.22 bits per heavy atom. The smallest absolute Gasteiger partial charge is 0.407 e. The molecule has 0 unspecified atom stereocenters. The lowest BCUT2D eigenvalue weighted by Gasteiger charge is -2.33. The molecule has 3 rings (SSSR count). The Bertz CT molecular complexity index is 689. The van der Waals surface area contributed by atoms with E-state index in [-0.39, 0.29) is 12.1 Å². The molecule has 0 aromatic carbocycles. The van der Waals surface area contributed by atoms with Crippen LogP contribution in [0.4, 0.5) is 10.7 Å². The molecule has 0 bridgehead atoms. The van der Waals surface area contributed by atoms with E-state index in [0.717, 1.165) is 37.4 Å². The molecule has 1 atom stereocenters. The molecule has 23 heavy (non-hydrogen) atoms. The van der Waals surface area contributed by atoms with Crippen molar-refractivity contribution in [2.24, 2.45) is 0 Å². The lowest BCUT2D eigenvalue weighted by molar-refractivity contribution is 0.0500. The van der Waals surface area contributed by atoms with Crippen LogP contribution in [0.2, 0.25) is 0 Å². The summed E-state index contributed by atoms with van der Waals surface area (Å²) in [6, 6.07) is 6.12. The van der Waals surface area contributed by atoms with Gasteiger partial charge in [-0.15, -0.1) is 0 Å². The van der Waals surface area contributed by atoms with Crippen LogP contribution in [0.5, 0.6) is 0 Å². The summed E-state index contributed by atoms with van der Waals surface area (Å²) in [7, 11) is 0. The van der Waals surface area contributed by atoms with Crippen LogP contribution in [0.3, 0.4) is 0 Å². The van der Waals surface area contributed by atoms with E-state index in [1.807, 2.05) is 51.4 Å². The number of carbonyl (C=O) groups is 1. The number of rotatable bonds is 2. The number of fused-ring (bicyclic) bond motifs is 1. The average Bonchev–Trinajstić information content (AvgIpc) is 2.89. The highest BCUT2D eigenvalue weighted by Crippen LogP contribution is 2.20. The zero-order valence-electron chi connectivity index (χ0n) is 14.0. The van der Waals surface area contributed by atoms with Gasteiger partial charge in [0.25, 0.3) is 0 Å². The lowest BCUT2D eigenvalue weighted by atomic mass is 10.1. The van der Waals surface area contributed by atoms with Crippen LogP contribution in [0.25, 0.3) is 5.52 Å². The predicted molar refractivity (Wildman–Crippen MR) is 89.8 cm³/mol. The van der Waals surface area contributed by atoms with Gasteiger partial charge in [-0.3, -0.25) is 4.40 Å². The van der Waals surface area contributed by atoms with Crippen LogP contribution in [0, 0.1) is 0 Å². The molecule has 0 aliphatic carbocycles. The highest BCUT2D eigenvalue weighted by Gasteiger charge is 2.25. The average molecular weight is 316 g/mol. The molecule has 0 saturated carbocycles. The number of piperidine rings is 1. The van der Waals surface area contributed by atoms with Crippen molar-refractivity contribution >= 4 is 17.6 Å². The van der Waals surface area contributed by atoms with Crippen molar-refractivity contribution in [1.82, 2.24) is 14.7 Å². The van der Waals surface area contributed by atoms with Crippen LogP contribution in [-0.4, -0.2) is 40.2 Å². The predicted octanol–water partition coefficient (Wildman–Crippen LogP) is 2.83. The second-order valence-electron chi connectivity index (χ2n) is 6.99. The highest BCUT2D eigenvalue weighted by atomic mass is 16.6. The molecule has 1 N–H and O–H groups in total. The van der Waals surface area contributed by atoms with Crippen molar-refractivity contribution in [3.05, 3.63) is 30.6 Å². The normalized spacial score (nSPS) is 18.9. The topological polar surface area (TPSA) is 58.9 Å². The van der Waals surface area contributed by atoms with Gasteiger partial charge in [0.05, 0.1) is 11.7 Å². The maximum atomic E-state index is 12.0. The molecule has 6 nitrogen and oxygen atoms in total. The van der Waals surface area contributed by atoms with E-state index >= 15 is 0 Å². The van der Waals surface area contributed by atoms with E-state index < -0.39 is 5.60 Å². The zero-order valence-corrected chi connectivity index (χ0v) is 14.0. The first kappa shape index (κ1) is 15.6. The van der Waals surface area contributed by atoms with Crippen molar-refractivity contribution in [1.29, 1.82) is 0 Å². The van der Waals surface area contributed by atoms with E-state index in [1.165, 1.54) is 0 Å². The summed E-state index contributed by atoms with van der Waals surface area (Å²) in [6.07, 6.45) is 5.52. The van der Waals surface area contributed by atoms with Gasteiger partial charge in [0.2, 0.25) is 5.95 Å². The van der Waals surface area contributed by atoms with Crippen LogP contribution in [-0.2, 0) is 4.74 Å². The molecule has 1 aliphatic rings. The minimum absolute atomic E-state index is 0.0784. The SMILES string of the molecule is CC(C)(C)OC(=O)N[C@@H]1CCCN(c2ncc3ccccn23)C1. The first-order valence-electron chi connectivity index (χ1n) is 8.09. The molecule has 1 saturated heterocycles. The number of anilines is 1. The summed E-state index contributed by atoms with van der Waals surface area (Å²) >= 11 is 0. The molecule has 1 aliphatic heterocycles. The largest absolute Gasteiger partial charge is 0.444 e. The maximum absolute atomic E-state index is 12.0. The van der Waals surface area contributed by atoms with E-state index in [4.69, 9.17) is 4.74 Å². The van der Waals surface area contributed by atoms with Crippen molar-refractivity contribution < 1.29 is 9.53 Å². The standard InChI is InChI=1S/C17H24N4O2/c1-17(2,3)23-16(22)19-13-7-6-9-20(12-13)15-18-11-14-8-4-5-10-21(14)15/h4-5,8,10-11,13H,6-7,9,12H2,1-3H3,(H,19,22)/t13-/m1/s1. The molecule has 3 heterocycles. The summed E-state index contributed by atoms with van der Waals surface area (Å²) in [5.41, 5.74) is 0.599. The van der Waals surface area contributed by atoms with Gasteiger partial charge < -0.3 is 15.0 Å². The first-order chi connectivity index (χ1) is 10.9. The molecule has 0 radical (unpaired) electrons. The number of amides is 1. The van der Waals surface area contributed by atoms with Gasteiger partial charge in [-0.1, -0.05) is 6.07 Å². The molecule has 2 aromatic rings. The second kappa shape index (κ2) is 6.10. The number of aromatic nitrogens is 2. The Morgan fingerprint density at radius 3 is 3.00 bits per heavy atom. The minimum Gasteiger partial charge on any atom is -0.444 e. The van der Waals surface area contributed by atoms with E-state index in [9.17, 15) is 4.79 Å². The third-order valence-corrected chi connectivity index (χ3v) is 3.84. The number of hydrogen-bond acceptors (Lipinski definition) is 4. The van der Waals surface area contributed by atoms with Gasteiger partial charge in [0.1, 0.15) is 5.60 Å². The van der Waals surface area contributed by atoms with Crippen molar-refractivity contribution in [3.8, 4) is 0 Å². The Kier molecular flexibility index (Phi) is 4.15. The maximum Gasteiger partial charge on any atom is 0.407 e. The summed E-state index contributed by atoms with van der Waals surface area (Å²) in [5.74, 6) is 0.927. The van der Waals surface area contributed by atoms with Gasteiger partial charge in [0, 0.05) is 25.3 Å². The Labute approximate surface area is 136 Å². The number of nitrogens with one attached hydrogen (secondary N) is 1. The molecule has 2 aromatic heterocycles. The highest BCUT2D eigenvalue weighted by molar-refractivity contribution is 5.68. The van der Waals surface area contributed by atoms with Crippen molar-refractivity contribution in [3.63, 3.8) is 0 Å². The number of alkyl carbamates (subject to hydrolysis) is 1. The number of imidazole rings is 1. The fourth-order valence-electron chi connectivity index (χ4n) is 2.91. The van der Waals surface area contributed by atoms with Gasteiger partial charge in [0.15, 0.2) is 0 Å². The molecule has 0 spiro atoms. The third kappa shape index (κ3) is 3.75. The number of hydrogen-bond donors (Lipinski definition) is 1. The first-order valence-corrected chi connectivity index (χ1v) is 8.09. The minimum atomic E-state index is -0.474. The van der Waals surface area contributed by atoms with Crippen molar-refractivity contribution in [2.45, 2.75) is 45.3 Å². The second-order valence-corrected chi connectivity index (χ2v) is 6.99. The molecular weight excluding hydrogens is 292 g/mol. The van der Waals surface area contributed by atoms with Crippen molar-refractivity contribution in [2.75, 3.05) is 18.0 Å². The molecule has 1 fully saturated rings. The third-order valence-electron chi connectivity index (χ3n) is 3.84. The fourth-order valence-corrected chi connectivity index (χ4v) is 2.91. The van der Waals surface area contributed by atoms with Gasteiger partial charge >= 0.3 is 6.09 Å². The summed E-state index contributed by atoms with van der Waals surface area (Å²) < 4.78 is 7.43.